The average molecular weight is 294 g/mol. The molecule has 0 aromatic carbocycles. The lowest BCUT2D eigenvalue weighted by atomic mass is 10.2. The average Bonchev–Trinajstić information content (AvgIpc) is 2.52. The summed E-state index contributed by atoms with van der Waals surface area (Å²) in [6, 6.07) is 0.140. The number of hydrogen-bond acceptors (Lipinski definition) is 5. The zero-order valence-electron chi connectivity index (χ0n) is 13.4. The normalized spacial score (nSPS) is 12.0. The van der Waals surface area contributed by atoms with E-state index >= 15 is 0 Å². The zero-order valence-corrected chi connectivity index (χ0v) is 13.4. The maximum absolute atomic E-state index is 12.6. The minimum atomic E-state index is -0.103. The van der Waals surface area contributed by atoms with Crippen molar-refractivity contribution in [2.24, 2.45) is 0 Å². The number of nitrogens with zero attached hydrogens (tertiary/aromatic N) is 3. The molecular weight excluding hydrogens is 268 g/mol. The Morgan fingerprint density at radius 3 is 2.81 bits per heavy atom. The topological polar surface area (TPSA) is 67.4 Å². The van der Waals surface area contributed by atoms with Crippen LogP contribution in [0.1, 0.15) is 44.1 Å². The van der Waals surface area contributed by atoms with Crippen molar-refractivity contribution in [3.8, 4) is 0 Å². The van der Waals surface area contributed by atoms with E-state index in [1.807, 2.05) is 6.92 Å². The summed E-state index contributed by atoms with van der Waals surface area (Å²) >= 11 is 0. The van der Waals surface area contributed by atoms with Crippen LogP contribution in [-0.2, 0) is 4.74 Å². The van der Waals surface area contributed by atoms with Crippen molar-refractivity contribution in [1.82, 2.24) is 14.9 Å². The van der Waals surface area contributed by atoms with Crippen LogP contribution in [0.4, 0.5) is 5.82 Å². The molecule has 0 aliphatic heterocycles. The molecule has 1 rings (SSSR count). The first-order valence-electron chi connectivity index (χ1n) is 7.49. The first kappa shape index (κ1) is 17.4. The van der Waals surface area contributed by atoms with Gasteiger partial charge >= 0.3 is 0 Å². The van der Waals surface area contributed by atoms with Gasteiger partial charge in [-0.15, -0.1) is 0 Å². The van der Waals surface area contributed by atoms with Gasteiger partial charge in [-0.05, 0) is 19.8 Å². The van der Waals surface area contributed by atoms with Gasteiger partial charge in [0, 0.05) is 26.2 Å². The second kappa shape index (κ2) is 9.28. The molecule has 21 heavy (non-hydrogen) atoms. The lowest BCUT2D eigenvalue weighted by molar-refractivity contribution is 0.0608. The number of aromatic nitrogens is 2. The Bertz CT molecular complexity index is 439. The first-order valence-corrected chi connectivity index (χ1v) is 7.49. The molecule has 0 bridgehead atoms. The van der Waals surface area contributed by atoms with Crippen LogP contribution in [0.25, 0.3) is 0 Å². The number of rotatable bonds is 9. The second-order valence-electron chi connectivity index (χ2n) is 4.96. The van der Waals surface area contributed by atoms with Crippen LogP contribution in [0, 0.1) is 0 Å². The summed E-state index contributed by atoms with van der Waals surface area (Å²) in [6.45, 7) is 8.04. The Morgan fingerprint density at radius 1 is 1.43 bits per heavy atom. The highest BCUT2D eigenvalue weighted by Gasteiger charge is 2.21. The van der Waals surface area contributed by atoms with Crippen molar-refractivity contribution in [1.29, 1.82) is 0 Å². The Balaban J connectivity index is 2.86. The van der Waals surface area contributed by atoms with Crippen molar-refractivity contribution in [2.75, 3.05) is 32.1 Å². The van der Waals surface area contributed by atoms with Gasteiger partial charge in [-0.1, -0.05) is 13.8 Å². The number of nitrogens with one attached hydrogen (secondary N) is 1. The molecule has 6 heteroatoms. The molecule has 6 nitrogen and oxygen atoms in total. The van der Waals surface area contributed by atoms with Crippen LogP contribution in [0.5, 0.6) is 0 Å². The van der Waals surface area contributed by atoms with E-state index in [4.69, 9.17) is 4.74 Å². The van der Waals surface area contributed by atoms with Crippen LogP contribution in [0.15, 0.2) is 12.4 Å². The highest BCUT2D eigenvalue weighted by atomic mass is 16.5. The number of ether oxygens (including phenoxy) is 1. The highest BCUT2D eigenvalue weighted by molar-refractivity contribution is 5.92. The molecule has 0 aliphatic carbocycles. The predicted octanol–water partition coefficient (Wildman–Crippen LogP) is 2.19. The van der Waals surface area contributed by atoms with E-state index < -0.39 is 0 Å². The number of amides is 1. The molecule has 1 amide bonds. The highest BCUT2D eigenvalue weighted by Crippen LogP contribution is 2.10. The summed E-state index contributed by atoms with van der Waals surface area (Å²) in [7, 11) is 1.63. The van der Waals surface area contributed by atoms with Crippen molar-refractivity contribution >= 4 is 11.7 Å². The maximum Gasteiger partial charge on any atom is 0.274 e. The first-order chi connectivity index (χ1) is 10.1. The molecule has 1 heterocycles. The number of carbonyl (C=O) groups is 1. The van der Waals surface area contributed by atoms with Gasteiger partial charge < -0.3 is 15.0 Å². The summed E-state index contributed by atoms with van der Waals surface area (Å²) in [5.41, 5.74) is 0.368. The molecule has 0 spiro atoms. The van der Waals surface area contributed by atoms with Crippen LogP contribution in [-0.4, -0.2) is 53.6 Å². The van der Waals surface area contributed by atoms with Gasteiger partial charge in [0.1, 0.15) is 11.5 Å². The SMILES string of the molecule is CCCNc1cncc(C(=O)N(CCOC)C(C)CC)n1. The quantitative estimate of drug-likeness (QED) is 0.756. The maximum atomic E-state index is 12.6. The molecule has 1 aromatic heterocycles. The molecule has 1 aromatic rings. The van der Waals surface area contributed by atoms with Gasteiger partial charge in [0.05, 0.1) is 19.0 Å². The van der Waals surface area contributed by atoms with E-state index in [2.05, 4.69) is 29.1 Å². The van der Waals surface area contributed by atoms with Gasteiger partial charge in [0.15, 0.2) is 0 Å². The van der Waals surface area contributed by atoms with Crippen LogP contribution < -0.4 is 5.32 Å². The van der Waals surface area contributed by atoms with Gasteiger partial charge in [0.25, 0.3) is 5.91 Å². The molecule has 0 saturated heterocycles. The fraction of sp³-hybridized carbons (Fsp3) is 0.667. The van der Waals surface area contributed by atoms with E-state index in [-0.39, 0.29) is 11.9 Å². The van der Waals surface area contributed by atoms with Crippen LogP contribution >= 0.6 is 0 Å². The lowest BCUT2D eigenvalue weighted by Gasteiger charge is -2.28. The molecule has 0 saturated carbocycles. The largest absolute Gasteiger partial charge is 0.383 e. The number of hydrogen-bond donors (Lipinski definition) is 1. The van der Waals surface area contributed by atoms with Crippen molar-refractivity contribution in [2.45, 2.75) is 39.7 Å². The number of carbonyl (C=O) groups excluding carboxylic acids is 1. The Labute approximate surface area is 126 Å². The van der Waals surface area contributed by atoms with Crippen molar-refractivity contribution in [3.05, 3.63) is 18.1 Å². The summed E-state index contributed by atoms with van der Waals surface area (Å²) in [5, 5.41) is 3.15. The standard InChI is InChI=1S/C15H26N4O2/c1-5-7-17-14-11-16-10-13(18-14)15(20)19(8-9-21-4)12(3)6-2/h10-12H,5-9H2,1-4H3,(H,17,18). The fourth-order valence-electron chi connectivity index (χ4n) is 1.89. The van der Waals surface area contributed by atoms with E-state index in [9.17, 15) is 4.79 Å². The monoisotopic (exact) mass is 294 g/mol. The Kier molecular flexibility index (Phi) is 7.68. The van der Waals surface area contributed by atoms with Crippen molar-refractivity contribution < 1.29 is 9.53 Å². The lowest BCUT2D eigenvalue weighted by Crippen LogP contribution is -2.41. The Morgan fingerprint density at radius 2 is 2.19 bits per heavy atom. The van der Waals surface area contributed by atoms with Crippen LogP contribution in [0.3, 0.4) is 0 Å². The minimum absolute atomic E-state index is 0.103. The van der Waals surface area contributed by atoms with E-state index in [1.165, 1.54) is 6.20 Å². The van der Waals surface area contributed by atoms with Gasteiger partial charge in [-0.2, -0.15) is 0 Å². The van der Waals surface area contributed by atoms with Crippen molar-refractivity contribution in [3.63, 3.8) is 0 Å². The molecule has 0 radical (unpaired) electrons. The second-order valence-corrected chi connectivity index (χ2v) is 4.96. The molecule has 1 atom stereocenters. The predicted molar refractivity (Wildman–Crippen MR) is 83.5 cm³/mol. The molecule has 0 aliphatic rings. The molecular formula is C15H26N4O2. The third-order valence-electron chi connectivity index (χ3n) is 3.33. The van der Waals surface area contributed by atoms with Gasteiger partial charge in [-0.3, -0.25) is 9.78 Å². The van der Waals surface area contributed by atoms with Crippen LogP contribution in [0.2, 0.25) is 0 Å². The van der Waals surface area contributed by atoms with E-state index in [0.29, 0.717) is 24.7 Å². The smallest absolute Gasteiger partial charge is 0.274 e. The Hall–Kier alpha value is -1.69. The summed E-state index contributed by atoms with van der Waals surface area (Å²) < 4.78 is 5.09. The molecule has 1 unspecified atom stereocenters. The molecule has 118 valence electrons. The summed E-state index contributed by atoms with van der Waals surface area (Å²) in [4.78, 5) is 22.9. The summed E-state index contributed by atoms with van der Waals surface area (Å²) in [5.74, 6) is 0.535. The zero-order chi connectivity index (χ0) is 15.7. The molecule has 0 fully saturated rings. The number of anilines is 1. The fourth-order valence-corrected chi connectivity index (χ4v) is 1.89. The molecule has 1 N–H and O–H groups in total. The number of methoxy groups -OCH3 is 1. The third kappa shape index (κ3) is 5.30. The van der Waals surface area contributed by atoms with E-state index in [0.717, 1.165) is 19.4 Å². The van der Waals surface area contributed by atoms with Gasteiger partial charge in [0.2, 0.25) is 0 Å². The third-order valence-corrected chi connectivity index (χ3v) is 3.33. The summed E-state index contributed by atoms with van der Waals surface area (Å²) in [6.07, 6.45) is 5.03. The minimum Gasteiger partial charge on any atom is -0.383 e. The van der Waals surface area contributed by atoms with E-state index in [1.54, 1.807) is 18.2 Å². The van der Waals surface area contributed by atoms with Gasteiger partial charge in [-0.25, -0.2) is 4.98 Å².